The summed E-state index contributed by atoms with van der Waals surface area (Å²) in [7, 11) is -4.09. The minimum atomic E-state index is -4.09. The van der Waals surface area contributed by atoms with Crippen molar-refractivity contribution in [3.8, 4) is 5.75 Å². The van der Waals surface area contributed by atoms with Crippen LogP contribution in [0.25, 0.3) is 10.9 Å². The molecule has 0 radical (unpaired) electrons. The number of sulfonamides is 1. The Kier molecular flexibility index (Phi) is 7.46. The highest BCUT2D eigenvalue weighted by molar-refractivity contribution is 7.92. The molecule has 6 rings (SSSR count). The van der Waals surface area contributed by atoms with Gasteiger partial charge in [0.05, 0.1) is 11.1 Å². The summed E-state index contributed by atoms with van der Waals surface area (Å²) in [6, 6.07) is 15.7. The maximum Gasteiger partial charge on any atom is 0.343 e. The molecule has 222 valence electrons. The molecule has 0 bridgehead atoms. The second-order valence-corrected chi connectivity index (χ2v) is 13.4. The number of allylic oxidation sites excluding steroid dienone is 4. The Morgan fingerprint density at radius 2 is 1.93 bits per heavy atom. The SMILES string of the molecule is CCC1(CCc2cc(O)c(C(C)(c3cccc(NS(=O)(=O)c4ncc5ccccc5n4)c3)C3CC3)c(=O)o2)C=CC=CC1. The average molecular weight is 598 g/mol. The third kappa shape index (κ3) is 5.61. The number of benzene rings is 2. The molecule has 0 spiro atoms. The third-order valence-corrected chi connectivity index (χ3v) is 10.3. The van der Waals surface area contributed by atoms with Crippen LogP contribution in [0, 0.1) is 11.3 Å². The van der Waals surface area contributed by atoms with Crippen LogP contribution in [0.2, 0.25) is 0 Å². The van der Waals surface area contributed by atoms with E-state index in [1.54, 1.807) is 36.4 Å². The lowest BCUT2D eigenvalue weighted by atomic mass is 9.72. The molecular formula is C34H35N3O5S. The molecule has 2 N–H and O–H groups in total. The van der Waals surface area contributed by atoms with Crippen molar-refractivity contribution in [1.82, 2.24) is 9.97 Å². The van der Waals surface area contributed by atoms with Crippen molar-refractivity contribution in [2.75, 3.05) is 4.72 Å². The van der Waals surface area contributed by atoms with E-state index in [0.29, 0.717) is 28.9 Å². The number of nitrogens with zero attached hydrogens (tertiary/aromatic N) is 2. The van der Waals surface area contributed by atoms with Crippen LogP contribution in [0.1, 0.15) is 62.8 Å². The van der Waals surface area contributed by atoms with Gasteiger partial charge in [0.15, 0.2) is 0 Å². The molecule has 8 nitrogen and oxygen atoms in total. The Bertz CT molecular complexity index is 1910. The first-order valence-corrected chi connectivity index (χ1v) is 16.2. The van der Waals surface area contributed by atoms with Gasteiger partial charge < -0.3 is 9.52 Å². The Balaban J connectivity index is 1.29. The molecule has 2 atom stereocenters. The van der Waals surface area contributed by atoms with E-state index in [4.69, 9.17) is 4.42 Å². The predicted molar refractivity (Wildman–Crippen MR) is 167 cm³/mol. The van der Waals surface area contributed by atoms with Gasteiger partial charge >= 0.3 is 5.63 Å². The van der Waals surface area contributed by atoms with Gasteiger partial charge in [0.1, 0.15) is 11.5 Å². The third-order valence-electron chi connectivity index (χ3n) is 9.11. The van der Waals surface area contributed by atoms with Gasteiger partial charge in [0.2, 0.25) is 0 Å². The summed E-state index contributed by atoms with van der Waals surface area (Å²) in [5.41, 5.74) is 0.291. The summed E-state index contributed by atoms with van der Waals surface area (Å²) in [6.07, 6.45) is 14.9. The number of fused-ring (bicyclic) bond motifs is 1. The molecule has 2 aromatic heterocycles. The molecule has 2 aromatic carbocycles. The van der Waals surface area contributed by atoms with E-state index in [0.717, 1.165) is 37.5 Å². The van der Waals surface area contributed by atoms with Gasteiger partial charge in [-0.3, -0.25) is 4.72 Å². The van der Waals surface area contributed by atoms with Crippen LogP contribution in [-0.2, 0) is 21.9 Å². The predicted octanol–water partition coefficient (Wildman–Crippen LogP) is 6.65. The molecule has 4 aromatic rings. The molecule has 2 aliphatic carbocycles. The van der Waals surface area contributed by atoms with Gasteiger partial charge in [0, 0.05) is 35.2 Å². The summed E-state index contributed by atoms with van der Waals surface area (Å²) in [5.74, 6) is 0.447. The summed E-state index contributed by atoms with van der Waals surface area (Å²) in [5, 5.41) is 11.7. The van der Waals surface area contributed by atoms with E-state index in [-0.39, 0.29) is 27.8 Å². The Hall–Kier alpha value is -4.24. The van der Waals surface area contributed by atoms with Crippen molar-refractivity contribution < 1.29 is 17.9 Å². The Morgan fingerprint density at radius 1 is 1.12 bits per heavy atom. The first kappa shape index (κ1) is 28.9. The molecule has 2 unspecified atom stereocenters. The Morgan fingerprint density at radius 3 is 2.65 bits per heavy atom. The van der Waals surface area contributed by atoms with E-state index >= 15 is 0 Å². The van der Waals surface area contributed by atoms with Crippen LogP contribution in [0.5, 0.6) is 5.75 Å². The fourth-order valence-electron chi connectivity index (χ4n) is 6.27. The summed E-state index contributed by atoms with van der Waals surface area (Å²) in [4.78, 5) is 21.8. The lowest BCUT2D eigenvalue weighted by Gasteiger charge is -2.31. The summed E-state index contributed by atoms with van der Waals surface area (Å²) < 4.78 is 34.9. The van der Waals surface area contributed by atoms with E-state index in [1.165, 1.54) is 6.20 Å². The maximum absolute atomic E-state index is 13.5. The molecule has 0 aliphatic heterocycles. The molecule has 2 heterocycles. The molecular weight excluding hydrogens is 562 g/mol. The molecule has 1 fully saturated rings. The van der Waals surface area contributed by atoms with Gasteiger partial charge in [-0.15, -0.1) is 0 Å². The highest BCUT2D eigenvalue weighted by Crippen LogP contribution is 2.52. The zero-order chi connectivity index (χ0) is 30.2. The maximum atomic E-state index is 13.5. The van der Waals surface area contributed by atoms with E-state index in [9.17, 15) is 18.3 Å². The molecule has 0 saturated heterocycles. The van der Waals surface area contributed by atoms with Crippen molar-refractivity contribution >= 4 is 26.6 Å². The van der Waals surface area contributed by atoms with Crippen molar-refractivity contribution in [2.45, 2.75) is 62.9 Å². The van der Waals surface area contributed by atoms with Crippen LogP contribution < -0.4 is 10.3 Å². The fourth-order valence-corrected chi connectivity index (χ4v) is 7.21. The van der Waals surface area contributed by atoms with Gasteiger partial charge in [0.25, 0.3) is 15.2 Å². The minimum Gasteiger partial charge on any atom is -0.507 e. The molecule has 43 heavy (non-hydrogen) atoms. The van der Waals surface area contributed by atoms with Crippen molar-refractivity contribution in [1.29, 1.82) is 0 Å². The van der Waals surface area contributed by atoms with Crippen LogP contribution in [0.15, 0.2) is 99.5 Å². The second-order valence-electron chi connectivity index (χ2n) is 11.8. The smallest absolute Gasteiger partial charge is 0.343 e. The number of para-hydroxylation sites is 1. The van der Waals surface area contributed by atoms with Gasteiger partial charge in [-0.25, -0.2) is 14.8 Å². The van der Waals surface area contributed by atoms with Crippen molar-refractivity contribution in [2.24, 2.45) is 11.3 Å². The molecule has 2 aliphatic rings. The lowest BCUT2D eigenvalue weighted by Crippen LogP contribution is -2.33. The van der Waals surface area contributed by atoms with Crippen LogP contribution in [0.3, 0.4) is 0 Å². The molecule has 1 saturated carbocycles. The number of anilines is 1. The lowest BCUT2D eigenvalue weighted by molar-refractivity contribution is 0.315. The number of aromatic nitrogens is 2. The van der Waals surface area contributed by atoms with Crippen molar-refractivity contribution in [3.05, 3.63) is 112 Å². The number of aromatic hydroxyl groups is 1. The van der Waals surface area contributed by atoms with E-state index in [2.05, 4.69) is 39.8 Å². The summed E-state index contributed by atoms with van der Waals surface area (Å²) >= 11 is 0. The van der Waals surface area contributed by atoms with Crippen LogP contribution in [0.4, 0.5) is 5.69 Å². The average Bonchev–Trinajstić information content (AvgIpc) is 3.86. The monoisotopic (exact) mass is 597 g/mol. The quantitative estimate of drug-likeness (QED) is 0.196. The minimum absolute atomic E-state index is 0.00972. The number of hydrogen-bond donors (Lipinski definition) is 2. The number of rotatable bonds is 10. The van der Waals surface area contributed by atoms with E-state index in [1.807, 2.05) is 31.2 Å². The van der Waals surface area contributed by atoms with Crippen LogP contribution in [-0.4, -0.2) is 23.5 Å². The van der Waals surface area contributed by atoms with Gasteiger partial charge in [-0.2, -0.15) is 8.42 Å². The Labute approximate surface area is 251 Å². The summed E-state index contributed by atoms with van der Waals surface area (Å²) in [6.45, 7) is 4.08. The molecule has 9 heteroatoms. The van der Waals surface area contributed by atoms with Gasteiger partial charge in [-0.1, -0.05) is 68.5 Å². The largest absolute Gasteiger partial charge is 0.507 e. The normalized spacial score (nSPS) is 19.8. The highest BCUT2D eigenvalue weighted by Gasteiger charge is 2.48. The first-order valence-electron chi connectivity index (χ1n) is 14.7. The zero-order valence-electron chi connectivity index (χ0n) is 24.3. The number of aryl methyl sites for hydroxylation is 1. The fraction of sp³-hybridized carbons (Fsp3) is 0.324. The number of nitrogens with one attached hydrogen (secondary N) is 1. The standard InChI is InChI=1S/C34H35N3O5S/c1-3-34(17-7-4-8-18-34)19-16-27-21-29(38)30(31(39)42-27)33(2,24-14-15-24)25-11-9-12-26(20-25)37-43(40,41)32-35-22-23-10-5-6-13-28(23)36-32/h4-13,17,20-22,24,37-38H,3,14-16,18-19H2,1-2H3. The van der Waals surface area contributed by atoms with E-state index < -0.39 is 21.1 Å². The first-order chi connectivity index (χ1) is 20.6. The van der Waals surface area contributed by atoms with Crippen molar-refractivity contribution in [3.63, 3.8) is 0 Å². The molecule has 0 amide bonds. The zero-order valence-corrected chi connectivity index (χ0v) is 25.1. The topological polar surface area (TPSA) is 122 Å². The highest BCUT2D eigenvalue weighted by atomic mass is 32.2. The number of hydrogen-bond acceptors (Lipinski definition) is 7. The second kappa shape index (κ2) is 11.1. The van der Waals surface area contributed by atoms with Crippen LogP contribution >= 0.6 is 0 Å². The van der Waals surface area contributed by atoms with Gasteiger partial charge in [-0.05, 0) is 67.2 Å².